The van der Waals surface area contributed by atoms with E-state index in [9.17, 15) is 4.79 Å². The number of ether oxygens (including phenoxy) is 1. The van der Waals surface area contributed by atoms with Gasteiger partial charge in [0.1, 0.15) is 11.5 Å². The number of furan rings is 1. The molecule has 0 aliphatic rings. The molecule has 1 amide bonds. The molecular formula is C18H24N2O3. The van der Waals surface area contributed by atoms with E-state index in [2.05, 4.69) is 11.4 Å². The van der Waals surface area contributed by atoms with Crippen LogP contribution in [-0.4, -0.2) is 38.1 Å². The molecule has 23 heavy (non-hydrogen) atoms. The van der Waals surface area contributed by atoms with Crippen LogP contribution in [0, 0.1) is 13.8 Å². The molecule has 0 aliphatic heterocycles. The second-order valence-corrected chi connectivity index (χ2v) is 5.91. The molecule has 5 heteroatoms. The third kappa shape index (κ3) is 5.14. The van der Waals surface area contributed by atoms with Gasteiger partial charge in [0.25, 0.3) is 5.91 Å². The number of hydrogen-bond acceptors (Lipinski definition) is 4. The number of amides is 1. The van der Waals surface area contributed by atoms with E-state index in [-0.39, 0.29) is 18.6 Å². The molecule has 0 aliphatic carbocycles. The molecule has 2 aromatic rings. The van der Waals surface area contributed by atoms with Crippen molar-refractivity contribution in [2.45, 2.75) is 19.9 Å². The van der Waals surface area contributed by atoms with Gasteiger partial charge in [-0.05, 0) is 63.3 Å². The van der Waals surface area contributed by atoms with Gasteiger partial charge in [0, 0.05) is 6.54 Å². The highest BCUT2D eigenvalue weighted by Crippen LogP contribution is 2.18. The Morgan fingerprint density at radius 3 is 2.52 bits per heavy atom. The lowest BCUT2D eigenvalue weighted by Gasteiger charge is -2.22. The van der Waals surface area contributed by atoms with Crippen molar-refractivity contribution < 1.29 is 13.9 Å². The summed E-state index contributed by atoms with van der Waals surface area (Å²) in [5.74, 6) is 1.39. The topological polar surface area (TPSA) is 54.7 Å². The lowest BCUT2D eigenvalue weighted by atomic mass is 10.1. The summed E-state index contributed by atoms with van der Waals surface area (Å²) in [7, 11) is 3.90. The normalized spacial score (nSPS) is 12.2. The summed E-state index contributed by atoms with van der Waals surface area (Å²) in [6.45, 7) is 4.48. The van der Waals surface area contributed by atoms with E-state index in [0.29, 0.717) is 12.3 Å². The van der Waals surface area contributed by atoms with Crippen LogP contribution < -0.4 is 10.1 Å². The predicted molar refractivity (Wildman–Crippen MR) is 89.6 cm³/mol. The van der Waals surface area contributed by atoms with E-state index in [1.807, 2.05) is 57.1 Å². The second kappa shape index (κ2) is 7.83. The smallest absolute Gasteiger partial charge is 0.258 e. The van der Waals surface area contributed by atoms with Crippen LogP contribution in [0.3, 0.4) is 0 Å². The number of likely N-dealkylation sites (N-methyl/N-ethyl adjacent to an activating group) is 1. The summed E-state index contributed by atoms with van der Waals surface area (Å²) in [5, 5.41) is 2.89. The Bertz CT molecular complexity index is 615. The van der Waals surface area contributed by atoms with E-state index in [1.54, 1.807) is 6.26 Å². The molecule has 1 heterocycles. The van der Waals surface area contributed by atoms with Crippen LogP contribution >= 0.6 is 0 Å². The number of nitrogens with zero attached hydrogens (tertiary/aromatic N) is 1. The van der Waals surface area contributed by atoms with Crippen molar-refractivity contribution in [3.05, 3.63) is 53.5 Å². The minimum atomic E-state index is -0.150. The van der Waals surface area contributed by atoms with Crippen molar-refractivity contribution in [3.63, 3.8) is 0 Å². The summed E-state index contributed by atoms with van der Waals surface area (Å²) in [6, 6.07) is 9.66. The minimum absolute atomic E-state index is 0.00119. The SMILES string of the molecule is Cc1cc(C)cc(OCC(=O)NCC(c2ccco2)N(C)C)c1. The number of benzene rings is 1. The number of nitrogens with one attached hydrogen (secondary N) is 1. The summed E-state index contributed by atoms with van der Waals surface area (Å²) >= 11 is 0. The Balaban J connectivity index is 1.84. The Hall–Kier alpha value is -2.27. The van der Waals surface area contributed by atoms with Crippen LogP contribution in [0.25, 0.3) is 0 Å². The Morgan fingerprint density at radius 1 is 1.26 bits per heavy atom. The molecule has 2 rings (SSSR count). The van der Waals surface area contributed by atoms with Gasteiger partial charge in [-0.25, -0.2) is 0 Å². The first-order chi connectivity index (χ1) is 11.0. The first kappa shape index (κ1) is 17.1. The zero-order valence-electron chi connectivity index (χ0n) is 14.1. The standard InChI is InChI=1S/C18H24N2O3/c1-13-8-14(2)10-15(9-13)23-12-18(21)19-11-16(20(3)4)17-6-5-7-22-17/h5-10,16H,11-12H2,1-4H3,(H,19,21). The van der Waals surface area contributed by atoms with E-state index >= 15 is 0 Å². The number of carbonyl (C=O) groups is 1. The fraction of sp³-hybridized carbons (Fsp3) is 0.389. The van der Waals surface area contributed by atoms with Crippen molar-refractivity contribution in [3.8, 4) is 5.75 Å². The second-order valence-electron chi connectivity index (χ2n) is 5.91. The highest BCUT2D eigenvalue weighted by atomic mass is 16.5. The molecular weight excluding hydrogens is 292 g/mol. The molecule has 1 aromatic carbocycles. The quantitative estimate of drug-likeness (QED) is 0.853. The molecule has 0 spiro atoms. The van der Waals surface area contributed by atoms with Gasteiger partial charge in [0.05, 0.1) is 12.3 Å². The van der Waals surface area contributed by atoms with Crippen LogP contribution in [0.2, 0.25) is 0 Å². The molecule has 0 bridgehead atoms. The summed E-state index contributed by atoms with van der Waals surface area (Å²) in [6.07, 6.45) is 1.64. The van der Waals surface area contributed by atoms with Crippen LogP contribution in [0.4, 0.5) is 0 Å². The summed E-state index contributed by atoms with van der Waals surface area (Å²) in [5.41, 5.74) is 2.23. The molecule has 0 radical (unpaired) electrons. The van der Waals surface area contributed by atoms with E-state index in [0.717, 1.165) is 16.9 Å². The fourth-order valence-corrected chi connectivity index (χ4v) is 2.45. The maximum atomic E-state index is 12.0. The maximum Gasteiger partial charge on any atom is 0.258 e. The Labute approximate surface area is 137 Å². The van der Waals surface area contributed by atoms with Crippen LogP contribution in [0.15, 0.2) is 41.0 Å². The highest BCUT2D eigenvalue weighted by Gasteiger charge is 2.17. The van der Waals surface area contributed by atoms with Crippen molar-refractivity contribution in [2.75, 3.05) is 27.2 Å². The molecule has 0 fully saturated rings. The molecule has 1 N–H and O–H groups in total. The van der Waals surface area contributed by atoms with Gasteiger partial charge >= 0.3 is 0 Å². The van der Waals surface area contributed by atoms with Gasteiger partial charge in [0.15, 0.2) is 6.61 Å². The largest absolute Gasteiger partial charge is 0.484 e. The molecule has 1 unspecified atom stereocenters. The number of rotatable bonds is 7. The van der Waals surface area contributed by atoms with Gasteiger partial charge < -0.3 is 14.5 Å². The summed E-state index contributed by atoms with van der Waals surface area (Å²) in [4.78, 5) is 14.0. The van der Waals surface area contributed by atoms with Crippen LogP contribution in [0.5, 0.6) is 5.75 Å². The van der Waals surface area contributed by atoms with Crippen molar-refractivity contribution in [1.29, 1.82) is 0 Å². The molecule has 0 saturated heterocycles. The zero-order valence-corrected chi connectivity index (χ0v) is 14.1. The fourth-order valence-electron chi connectivity index (χ4n) is 2.45. The van der Waals surface area contributed by atoms with Gasteiger partial charge in [-0.1, -0.05) is 6.07 Å². The van der Waals surface area contributed by atoms with Gasteiger partial charge in [0.2, 0.25) is 0 Å². The monoisotopic (exact) mass is 316 g/mol. The third-order valence-electron chi connectivity index (χ3n) is 3.55. The zero-order chi connectivity index (χ0) is 16.8. The lowest BCUT2D eigenvalue weighted by molar-refractivity contribution is -0.123. The average molecular weight is 316 g/mol. The first-order valence-electron chi connectivity index (χ1n) is 7.63. The summed E-state index contributed by atoms with van der Waals surface area (Å²) < 4.78 is 11.0. The van der Waals surface area contributed by atoms with Gasteiger partial charge in [-0.2, -0.15) is 0 Å². The molecule has 0 saturated carbocycles. The third-order valence-corrected chi connectivity index (χ3v) is 3.55. The molecule has 5 nitrogen and oxygen atoms in total. The first-order valence-corrected chi connectivity index (χ1v) is 7.63. The predicted octanol–water partition coefficient (Wildman–Crippen LogP) is 2.69. The van der Waals surface area contributed by atoms with Crippen molar-refractivity contribution in [2.24, 2.45) is 0 Å². The van der Waals surface area contributed by atoms with E-state index in [1.165, 1.54) is 0 Å². The van der Waals surface area contributed by atoms with Gasteiger partial charge in [-0.3, -0.25) is 9.69 Å². The van der Waals surface area contributed by atoms with E-state index in [4.69, 9.17) is 9.15 Å². The van der Waals surface area contributed by atoms with Crippen LogP contribution in [-0.2, 0) is 4.79 Å². The van der Waals surface area contributed by atoms with E-state index < -0.39 is 0 Å². The molecule has 1 atom stereocenters. The number of aryl methyl sites for hydroxylation is 2. The molecule has 124 valence electrons. The molecule has 1 aromatic heterocycles. The Morgan fingerprint density at radius 2 is 1.96 bits per heavy atom. The minimum Gasteiger partial charge on any atom is -0.484 e. The average Bonchev–Trinajstić information content (AvgIpc) is 2.98. The van der Waals surface area contributed by atoms with Crippen molar-refractivity contribution >= 4 is 5.91 Å². The van der Waals surface area contributed by atoms with Gasteiger partial charge in [-0.15, -0.1) is 0 Å². The van der Waals surface area contributed by atoms with Crippen molar-refractivity contribution in [1.82, 2.24) is 10.2 Å². The van der Waals surface area contributed by atoms with Crippen LogP contribution in [0.1, 0.15) is 22.9 Å². The Kier molecular flexibility index (Phi) is 5.82. The highest BCUT2D eigenvalue weighted by molar-refractivity contribution is 5.77. The number of hydrogen-bond donors (Lipinski definition) is 1. The maximum absolute atomic E-state index is 12.0. The number of carbonyl (C=O) groups excluding carboxylic acids is 1. The lowest BCUT2D eigenvalue weighted by Crippen LogP contribution is -2.36.